The molecule has 7 rings (SSSR count). The first-order chi connectivity index (χ1) is 30.0. The van der Waals surface area contributed by atoms with Crippen molar-refractivity contribution in [1.82, 2.24) is 36.0 Å². The summed E-state index contributed by atoms with van der Waals surface area (Å²) in [7, 11) is 0. The maximum atomic E-state index is 14.7. The van der Waals surface area contributed by atoms with Crippen LogP contribution in [-0.2, 0) is 52.8 Å². The van der Waals surface area contributed by atoms with Crippen LogP contribution in [0.2, 0.25) is 0 Å². The van der Waals surface area contributed by atoms with Gasteiger partial charge in [0.1, 0.15) is 42.3 Å². The van der Waals surface area contributed by atoms with Gasteiger partial charge in [0.15, 0.2) is 0 Å². The predicted octanol–water partition coefficient (Wildman–Crippen LogP) is 2.69. The van der Waals surface area contributed by atoms with Gasteiger partial charge in [0.05, 0.1) is 0 Å². The van der Waals surface area contributed by atoms with Crippen LogP contribution >= 0.6 is 0 Å². The Morgan fingerprint density at radius 1 is 0.468 bits per heavy atom. The molecule has 4 heterocycles. The van der Waals surface area contributed by atoms with Gasteiger partial charge in [0.25, 0.3) is 0 Å². The highest BCUT2D eigenvalue weighted by atomic mass is 16.2. The summed E-state index contributed by atoms with van der Waals surface area (Å²) in [6.45, 7) is 4.62. The van der Waals surface area contributed by atoms with E-state index in [1.807, 2.05) is 105 Å². The molecule has 0 radical (unpaired) electrons. The Labute approximate surface area is 363 Å². The zero-order valence-electron chi connectivity index (χ0n) is 35.7. The van der Waals surface area contributed by atoms with E-state index in [2.05, 4.69) is 21.3 Å². The third kappa shape index (κ3) is 10.2. The van der Waals surface area contributed by atoms with Gasteiger partial charge in [-0.05, 0) is 61.1 Å². The van der Waals surface area contributed by atoms with Gasteiger partial charge in [-0.15, -0.1) is 0 Å². The van der Waals surface area contributed by atoms with Crippen molar-refractivity contribution in [1.29, 1.82) is 0 Å². The lowest BCUT2D eigenvalue weighted by atomic mass is 9.96. The second-order valence-electron chi connectivity index (χ2n) is 17.2. The van der Waals surface area contributed by atoms with Gasteiger partial charge in [-0.25, -0.2) is 0 Å². The van der Waals surface area contributed by atoms with Crippen molar-refractivity contribution >= 4 is 41.4 Å². The van der Waals surface area contributed by atoms with Gasteiger partial charge in [-0.3, -0.25) is 33.6 Å². The number of amides is 7. The molecule has 4 aliphatic rings. The Kier molecular flexibility index (Phi) is 14.4. The van der Waals surface area contributed by atoms with E-state index in [0.29, 0.717) is 51.5 Å². The molecule has 7 amide bonds. The molecule has 8 atom stereocenters. The van der Waals surface area contributed by atoms with Crippen LogP contribution in [0, 0.1) is 5.92 Å². The Morgan fingerprint density at radius 2 is 0.839 bits per heavy atom. The van der Waals surface area contributed by atoms with Crippen molar-refractivity contribution in [3.63, 3.8) is 0 Å². The molecule has 3 aromatic rings. The molecular formula is C48H59N7O7. The highest BCUT2D eigenvalue weighted by molar-refractivity contribution is 5.99. The molecule has 4 N–H and O–H groups in total. The minimum Gasteiger partial charge on any atom is -0.342 e. The van der Waals surface area contributed by atoms with Gasteiger partial charge in [-0.2, -0.15) is 0 Å². The molecule has 3 aromatic carbocycles. The summed E-state index contributed by atoms with van der Waals surface area (Å²) < 4.78 is 0. The molecule has 0 bridgehead atoms. The number of nitrogens with one attached hydrogen (secondary N) is 4. The fraction of sp³-hybridized carbons (Fsp3) is 0.479. The number of rotatable bonds is 8. The lowest BCUT2D eigenvalue weighted by molar-refractivity contribution is -0.148. The monoisotopic (exact) mass is 845 g/mol. The summed E-state index contributed by atoms with van der Waals surface area (Å²) in [5, 5.41) is 11.9. The van der Waals surface area contributed by atoms with Gasteiger partial charge in [-0.1, -0.05) is 111 Å². The first-order valence-corrected chi connectivity index (χ1v) is 22.3. The van der Waals surface area contributed by atoms with E-state index in [0.717, 1.165) is 16.7 Å². The smallest absolute Gasteiger partial charge is 0.246 e. The first-order valence-electron chi connectivity index (χ1n) is 22.3. The molecule has 4 saturated heterocycles. The number of benzene rings is 3. The maximum absolute atomic E-state index is 14.7. The minimum absolute atomic E-state index is 0.109. The topological polar surface area (TPSA) is 177 Å². The second-order valence-corrected chi connectivity index (χ2v) is 17.2. The molecule has 4 aliphatic heterocycles. The van der Waals surface area contributed by atoms with E-state index in [4.69, 9.17) is 0 Å². The molecule has 4 fully saturated rings. The zero-order chi connectivity index (χ0) is 43.8. The lowest BCUT2D eigenvalue weighted by Crippen LogP contribution is -2.61. The number of hydrogen-bond donors (Lipinski definition) is 4. The van der Waals surface area contributed by atoms with Gasteiger partial charge in [0, 0.05) is 38.9 Å². The van der Waals surface area contributed by atoms with Crippen LogP contribution in [0.3, 0.4) is 0 Å². The van der Waals surface area contributed by atoms with Crippen molar-refractivity contribution in [3.8, 4) is 0 Å². The van der Waals surface area contributed by atoms with Crippen molar-refractivity contribution in [3.05, 3.63) is 108 Å². The summed E-state index contributed by atoms with van der Waals surface area (Å²) in [5.41, 5.74) is 2.38. The molecule has 0 spiro atoms. The van der Waals surface area contributed by atoms with Crippen molar-refractivity contribution < 1.29 is 33.6 Å². The molecule has 0 unspecified atom stereocenters. The molecule has 62 heavy (non-hydrogen) atoms. The third-order valence-corrected chi connectivity index (χ3v) is 13.0. The van der Waals surface area contributed by atoms with Crippen LogP contribution in [0.25, 0.3) is 0 Å². The van der Waals surface area contributed by atoms with E-state index < -0.39 is 77.7 Å². The molecule has 14 nitrogen and oxygen atoms in total. The normalized spacial score (nSPS) is 27.3. The molecule has 328 valence electrons. The maximum Gasteiger partial charge on any atom is 0.246 e. The third-order valence-electron chi connectivity index (χ3n) is 13.0. The average Bonchev–Trinajstić information content (AvgIpc) is 4.10. The minimum atomic E-state index is -1.12. The second kappa shape index (κ2) is 20.2. The first kappa shape index (κ1) is 44.0. The van der Waals surface area contributed by atoms with E-state index in [-0.39, 0.29) is 44.2 Å². The Bertz CT molecular complexity index is 2090. The van der Waals surface area contributed by atoms with Crippen LogP contribution in [-0.4, -0.2) is 118 Å². The number of carbonyl (C=O) groups excluding carboxylic acids is 7. The number of fused-ring (bicyclic) bond motifs is 3. The van der Waals surface area contributed by atoms with E-state index >= 15 is 0 Å². The van der Waals surface area contributed by atoms with Crippen LogP contribution < -0.4 is 21.3 Å². The van der Waals surface area contributed by atoms with Crippen molar-refractivity contribution in [2.75, 3.05) is 19.6 Å². The quantitative estimate of drug-likeness (QED) is 0.270. The lowest BCUT2D eigenvalue weighted by Gasteiger charge is -2.34. The number of hydrogen-bond acceptors (Lipinski definition) is 7. The van der Waals surface area contributed by atoms with E-state index in [9.17, 15) is 33.6 Å². The van der Waals surface area contributed by atoms with Gasteiger partial charge < -0.3 is 36.0 Å². The van der Waals surface area contributed by atoms with Crippen LogP contribution in [0.15, 0.2) is 91.0 Å². The average molecular weight is 846 g/mol. The van der Waals surface area contributed by atoms with E-state index in [1.165, 1.54) is 14.7 Å². The Morgan fingerprint density at radius 3 is 1.29 bits per heavy atom. The zero-order valence-corrected chi connectivity index (χ0v) is 35.7. The highest BCUT2D eigenvalue weighted by Gasteiger charge is 2.46. The van der Waals surface area contributed by atoms with Crippen molar-refractivity contribution in [2.45, 2.75) is 120 Å². The summed E-state index contributed by atoms with van der Waals surface area (Å²) in [6.07, 6.45) is 3.70. The van der Waals surface area contributed by atoms with Gasteiger partial charge >= 0.3 is 0 Å². The SMILES string of the molecule is CC[C@@H](C)[C@@H]1NC(=O)[C@H](Cc2ccccc2)NC(=O)[C@@H]2CCCN2C(=O)[C@H](Cc2ccccc2)NC(=O)[C@@H]2CCCN2C(=O)[C@@H]2CCCN2C(=O)[C@H](Cc2ccccc2)NC1=O. The number of nitrogens with zero attached hydrogens (tertiary/aromatic N) is 3. The summed E-state index contributed by atoms with van der Waals surface area (Å²) >= 11 is 0. The molecule has 0 aliphatic carbocycles. The predicted molar refractivity (Wildman–Crippen MR) is 232 cm³/mol. The summed E-state index contributed by atoms with van der Waals surface area (Å²) in [4.78, 5) is 106. The molecular weight excluding hydrogens is 787 g/mol. The Balaban J connectivity index is 1.27. The largest absolute Gasteiger partial charge is 0.342 e. The fourth-order valence-corrected chi connectivity index (χ4v) is 9.40. The van der Waals surface area contributed by atoms with Crippen LogP contribution in [0.1, 0.15) is 75.5 Å². The van der Waals surface area contributed by atoms with Crippen molar-refractivity contribution in [2.24, 2.45) is 5.92 Å². The fourth-order valence-electron chi connectivity index (χ4n) is 9.40. The Hall–Kier alpha value is -6.05. The highest BCUT2D eigenvalue weighted by Crippen LogP contribution is 2.27. The molecule has 14 heteroatoms. The van der Waals surface area contributed by atoms with Crippen LogP contribution in [0.5, 0.6) is 0 Å². The van der Waals surface area contributed by atoms with Gasteiger partial charge in [0.2, 0.25) is 41.4 Å². The molecule has 0 aromatic heterocycles. The molecule has 0 saturated carbocycles. The summed E-state index contributed by atoms with van der Waals surface area (Å²) in [6, 6.07) is 20.9. The van der Waals surface area contributed by atoms with E-state index in [1.54, 1.807) is 0 Å². The van der Waals surface area contributed by atoms with Crippen LogP contribution in [0.4, 0.5) is 0 Å². The standard InChI is InChI=1S/C48H59N7O7/c1-3-31(2)41-45(59)51-37(30-34-20-11-6-12-21-34)47(61)55-27-15-24-40(55)48(62)54-26-14-23-39(54)44(58)50-36(29-33-18-9-5-10-19-33)46(60)53-25-13-22-38(53)43(57)49-35(42(56)52-41)28-32-16-7-4-8-17-32/h4-12,16-21,31,35-41H,3,13-15,22-30H2,1-2H3,(H,49,57)(H,50,58)(H,51,59)(H,52,56)/t31-,35+,36+,37+,38+,39+,40+,41+/m1/s1. The summed E-state index contributed by atoms with van der Waals surface area (Å²) in [5.74, 6) is -3.73. The number of carbonyl (C=O) groups is 7.